The van der Waals surface area contributed by atoms with Gasteiger partial charge in [-0.05, 0) is 12.8 Å². The molecule has 0 heterocycles. The Morgan fingerprint density at radius 2 is 2.38 bits per heavy atom. The fourth-order valence-electron chi connectivity index (χ4n) is 0.793. The van der Waals surface area contributed by atoms with Crippen LogP contribution in [0.2, 0.25) is 0 Å². The predicted octanol–water partition coefficient (Wildman–Crippen LogP) is 1.33. The van der Waals surface area contributed by atoms with E-state index in [1.807, 2.05) is 6.08 Å². The van der Waals surface area contributed by atoms with Crippen molar-refractivity contribution in [3.8, 4) is 0 Å². The average Bonchev–Trinajstić information content (AvgIpc) is 1.63. The summed E-state index contributed by atoms with van der Waals surface area (Å²) in [7, 11) is 0. The Hall–Kier alpha value is -0.300. The summed E-state index contributed by atoms with van der Waals surface area (Å²) in [5, 5.41) is 4.33. The first kappa shape index (κ1) is 5.83. The zero-order valence-electron chi connectivity index (χ0n) is 5.14. The van der Waals surface area contributed by atoms with Gasteiger partial charge in [0.1, 0.15) is 0 Å². The fraction of sp³-hybridized carbons (Fsp3) is 0.714. The normalized spacial score (nSPS) is 20.0. The van der Waals surface area contributed by atoms with Crippen molar-refractivity contribution in [1.29, 1.82) is 0 Å². The third kappa shape index (κ3) is 1.34. The van der Waals surface area contributed by atoms with Crippen LogP contribution in [0.1, 0.15) is 19.3 Å². The lowest BCUT2D eigenvalue weighted by Crippen LogP contribution is -2.29. The zero-order chi connectivity index (χ0) is 5.82. The predicted molar refractivity (Wildman–Crippen MR) is 34.8 cm³/mol. The largest absolute Gasteiger partial charge is 0.234 e. The Morgan fingerprint density at radius 1 is 1.62 bits per heavy atom. The molecule has 0 aromatic rings. The van der Waals surface area contributed by atoms with Gasteiger partial charge in [0.15, 0.2) is 0 Å². The molecule has 1 aliphatic rings. The molecular formula is C7H12N. The summed E-state index contributed by atoms with van der Waals surface area (Å²) in [5.74, 6) is 0. The quantitative estimate of drug-likeness (QED) is 0.487. The van der Waals surface area contributed by atoms with Crippen LogP contribution < -0.4 is 5.32 Å². The Bertz CT molecular complexity index is 74.5. The molecule has 1 saturated carbocycles. The molecule has 0 bridgehead atoms. The highest BCUT2D eigenvalue weighted by atomic mass is 14.9. The molecule has 1 radical (unpaired) electrons. The van der Waals surface area contributed by atoms with Crippen LogP contribution in [-0.2, 0) is 0 Å². The van der Waals surface area contributed by atoms with Gasteiger partial charge in [-0.15, -0.1) is 6.58 Å². The van der Waals surface area contributed by atoms with Gasteiger partial charge in [0.05, 0.1) is 0 Å². The van der Waals surface area contributed by atoms with Crippen molar-refractivity contribution in [2.24, 2.45) is 0 Å². The maximum atomic E-state index is 4.33. The fourth-order valence-corrected chi connectivity index (χ4v) is 0.793. The van der Waals surface area contributed by atoms with Crippen LogP contribution in [0, 0.1) is 0 Å². The molecule has 0 N–H and O–H groups in total. The Balaban J connectivity index is 1.93. The van der Waals surface area contributed by atoms with Crippen molar-refractivity contribution in [3.05, 3.63) is 12.7 Å². The monoisotopic (exact) mass is 110 g/mol. The van der Waals surface area contributed by atoms with Crippen molar-refractivity contribution in [2.75, 3.05) is 6.54 Å². The van der Waals surface area contributed by atoms with Crippen LogP contribution in [-0.4, -0.2) is 12.6 Å². The number of hydrogen-bond acceptors (Lipinski definition) is 0. The van der Waals surface area contributed by atoms with Gasteiger partial charge >= 0.3 is 0 Å². The van der Waals surface area contributed by atoms with Gasteiger partial charge in [-0.3, -0.25) is 0 Å². The zero-order valence-corrected chi connectivity index (χ0v) is 5.14. The van der Waals surface area contributed by atoms with Crippen LogP contribution in [0.5, 0.6) is 0 Å². The van der Waals surface area contributed by atoms with E-state index in [0.29, 0.717) is 6.04 Å². The molecule has 0 saturated heterocycles. The van der Waals surface area contributed by atoms with Crippen LogP contribution in [0.15, 0.2) is 12.7 Å². The molecule has 0 aromatic carbocycles. The highest BCUT2D eigenvalue weighted by molar-refractivity contribution is 4.79. The van der Waals surface area contributed by atoms with Gasteiger partial charge in [-0.25, -0.2) is 5.32 Å². The first-order valence-electron chi connectivity index (χ1n) is 3.21. The minimum Gasteiger partial charge on any atom is -0.234 e. The third-order valence-electron chi connectivity index (χ3n) is 1.57. The van der Waals surface area contributed by atoms with Crippen LogP contribution in [0.25, 0.3) is 0 Å². The third-order valence-corrected chi connectivity index (χ3v) is 1.57. The second-order valence-electron chi connectivity index (χ2n) is 2.24. The first-order chi connectivity index (χ1) is 3.93. The van der Waals surface area contributed by atoms with Gasteiger partial charge in [-0.2, -0.15) is 0 Å². The van der Waals surface area contributed by atoms with Gasteiger partial charge < -0.3 is 0 Å². The maximum absolute atomic E-state index is 4.33. The standard InChI is InChI=1S/C7H12N/c1-2-6-8-7-4-3-5-7/h2,7H,1,3-6H2. The van der Waals surface area contributed by atoms with Crippen LogP contribution >= 0.6 is 0 Å². The summed E-state index contributed by atoms with van der Waals surface area (Å²) in [4.78, 5) is 0. The first-order valence-corrected chi connectivity index (χ1v) is 3.21. The maximum Gasteiger partial charge on any atom is 0.0314 e. The van der Waals surface area contributed by atoms with Crippen LogP contribution in [0.4, 0.5) is 0 Å². The van der Waals surface area contributed by atoms with E-state index in [-0.39, 0.29) is 0 Å². The van der Waals surface area contributed by atoms with E-state index >= 15 is 0 Å². The van der Waals surface area contributed by atoms with E-state index in [9.17, 15) is 0 Å². The molecule has 1 aliphatic carbocycles. The van der Waals surface area contributed by atoms with Gasteiger partial charge in [0.2, 0.25) is 0 Å². The lowest BCUT2D eigenvalue weighted by molar-refractivity contribution is 0.345. The topological polar surface area (TPSA) is 14.1 Å². The minimum absolute atomic E-state index is 0.688. The smallest absolute Gasteiger partial charge is 0.0314 e. The molecule has 1 rings (SSSR count). The molecular weight excluding hydrogens is 98.1 g/mol. The summed E-state index contributed by atoms with van der Waals surface area (Å²) < 4.78 is 0. The minimum atomic E-state index is 0.688. The molecule has 1 heteroatoms. The summed E-state index contributed by atoms with van der Waals surface area (Å²) >= 11 is 0. The summed E-state index contributed by atoms with van der Waals surface area (Å²) in [6, 6.07) is 0.688. The van der Waals surface area contributed by atoms with Gasteiger partial charge in [-0.1, -0.05) is 12.5 Å². The van der Waals surface area contributed by atoms with E-state index in [1.165, 1.54) is 19.3 Å². The molecule has 0 aromatic heterocycles. The second-order valence-corrected chi connectivity index (χ2v) is 2.24. The van der Waals surface area contributed by atoms with Crippen molar-refractivity contribution in [1.82, 2.24) is 5.32 Å². The Kier molecular flexibility index (Phi) is 2.10. The molecule has 0 amide bonds. The van der Waals surface area contributed by atoms with E-state index in [0.717, 1.165) is 6.54 Å². The molecule has 0 spiro atoms. The van der Waals surface area contributed by atoms with Crippen molar-refractivity contribution >= 4 is 0 Å². The summed E-state index contributed by atoms with van der Waals surface area (Å²) in [6.45, 7) is 4.45. The number of rotatable bonds is 3. The van der Waals surface area contributed by atoms with Crippen molar-refractivity contribution in [2.45, 2.75) is 25.3 Å². The number of nitrogens with zero attached hydrogens (tertiary/aromatic N) is 1. The molecule has 1 nitrogen and oxygen atoms in total. The SMILES string of the molecule is C=CC[N]C1CCC1. The molecule has 0 unspecified atom stereocenters. The van der Waals surface area contributed by atoms with Gasteiger partial charge in [0, 0.05) is 12.6 Å². The molecule has 1 fully saturated rings. The highest BCUT2D eigenvalue weighted by Gasteiger charge is 2.16. The lowest BCUT2D eigenvalue weighted by atomic mass is 9.93. The molecule has 0 aliphatic heterocycles. The van der Waals surface area contributed by atoms with Crippen LogP contribution in [0.3, 0.4) is 0 Å². The lowest BCUT2D eigenvalue weighted by Gasteiger charge is -2.23. The van der Waals surface area contributed by atoms with E-state index in [2.05, 4.69) is 11.9 Å². The van der Waals surface area contributed by atoms with Gasteiger partial charge in [0.25, 0.3) is 0 Å². The van der Waals surface area contributed by atoms with Crippen molar-refractivity contribution < 1.29 is 0 Å². The van der Waals surface area contributed by atoms with E-state index < -0.39 is 0 Å². The number of hydrogen-bond donors (Lipinski definition) is 0. The van der Waals surface area contributed by atoms with Crippen molar-refractivity contribution in [3.63, 3.8) is 0 Å². The Labute approximate surface area is 50.8 Å². The second kappa shape index (κ2) is 2.88. The summed E-state index contributed by atoms with van der Waals surface area (Å²) in [5.41, 5.74) is 0. The summed E-state index contributed by atoms with van der Waals surface area (Å²) in [6.07, 6.45) is 5.87. The van der Waals surface area contributed by atoms with E-state index in [4.69, 9.17) is 0 Å². The molecule has 8 heavy (non-hydrogen) atoms. The highest BCUT2D eigenvalue weighted by Crippen LogP contribution is 2.18. The molecule has 0 atom stereocenters. The Morgan fingerprint density at radius 3 is 2.75 bits per heavy atom. The van der Waals surface area contributed by atoms with E-state index in [1.54, 1.807) is 0 Å². The molecule has 45 valence electrons. The average molecular weight is 110 g/mol.